The summed E-state index contributed by atoms with van der Waals surface area (Å²) in [5.74, 6) is -0.385. The molecule has 6 nitrogen and oxygen atoms in total. The van der Waals surface area contributed by atoms with Gasteiger partial charge in [-0.25, -0.2) is 4.98 Å². The van der Waals surface area contributed by atoms with Crippen molar-refractivity contribution in [1.29, 1.82) is 0 Å². The van der Waals surface area contributed by atoms with E-state index >= 15 is 0 Å². The molecule has 2 amide bonds. The van der Waals surface area contributed by atoms with Crippen molar-refractivity contribution in [1.82, 2.24) is 9.88 Å². The number of amides is 2. The maximum Gasteiger partial charge on any atom is 0.242 e. The molecular formula is C20H17ClN4O2S2. The Labute approximate surface area is 181 Å². The maximum atomic E-state index is 12.6. The van der Waals surface area contributed by atoms with Crippen LogP contribution in [0, 0.1) is 6.92 Å². The first-order chi connectivity index (χ1) is 13.9. The molecule has 29 heavy (non-hydrogen) atoms. The van der Waals surface area contributed by atoms with E-state index in [0.717, 1.165) is 15.8 Å². The predicted octanol–water partition coefficient (Wildman–Crippen LogP) is 4.85. The van der Waals surface area contributed by atoms with Crippen molar-refractivity contribution in [2.24, 2.45) is 4.99 Å². The number of nitrogens with one attached hydrogen (secondary N) is 1. The van der Waals surface area contributed by atoms with E-state index < -0.39 is 5.25 Å². The molecule has 1 aliphatic heterocycles. The minimum absolute atomic E-state index is 0.0542. The maximum absolute atomic E-state index is 12.6. The average Bonchev–Trinajstić information content (AvgIpc) is 3.21. The van der Waals surface area contributed by atoms with Gasteiger partial charge in [0.25, 0.3) is 0 Å². The van der Waals surface area contributed by atoms with E-state index in [1.165, 1.54) is 28.0 Å². The van der Waals surface area contributed by atoms with Gasteiger partial charge in [0.2, 0.25) is 16.9 Å². The lowest BCUT2D eigenvalue weighted by molar-refractivity contribution is -0.127. The Morgan fingerprint density at radius 1 is 1.28 bits per heavy atom. The molecule has 1 N–H and O–H groups in total. The number of para-hydroxylation sites is 1. The number of anilines is 1. The Hall–Kier alpha value is -2.42. The van der Waals surface area contributed by atoms with Crippen molar-refractivity contribution in [2.45, 2.75) is 18.6 Å². The smallest absolute Gasteiger partial charge is 0.242 e. The fourth-order valence-corrected chi connectivity index (χ4v) is 5.10. The van der Waals surface area contributed by atoms with Gasteiger partial charge in [0.15, 0.2) is 5.17 Å². The molecule has 1 aliphatic rings. The zero-order valence-electron chi connectivity index (χ0n) is 15.7. The molecule has 1 saturated heterocycles. The van der Waals surface area contributed by atoms with Crippen molar-refractivity contribution in [3.05, 3.63) is 53.1 Å². The van der Waals surface area contributed by atoms with Crippen molar-refractivity contribution in [3.63, 3.8) is 0 Å². The van der Waals surface area contributed by atoms with E-state index in [0.29, 0.717) is 21.0 Å². The Morgan fingerprint density at radius 2 is 2.07 bits per heavy atom. The lowest BCUT2D eigenvalue weighted by Crippen LogP contribution is -2.30. The first-order valence-electron chi connectivity index (χ1n) is 8.86. The van der Waals surface area contributed by atoms with Gasteiger partial charge in [-0.3, -0.25) is 14.5 Å². The van der Waals surface area contributed by atoms with E-state index in [9.17, 15) is 9.59 Å². The van der Waals surface area contributed by atoms with Gasteiger partial charge in [0.1, 0.15) is 5.25 Å². The predicted molar refractivity (Wildman–Crippen MR) is 120 cm³/mol. The third-order valence-corrected chi connectivity index (χ3v) is 7.10. The fourth-order valence-electron chi connectivity index (χ4n) is 2.90. The van der Waals surface area contributed by atoms with Gasteiger partial charge in [-0.1, -0.05) is 52.9 Å². The second kappa shape index (κ2) is 8.14. The van der Waals surface area contributed by atoms with Crippen LogP contribution in [0.15, 0.2) is 47.5 Å². The number of amidine groups is 1. The topological polar surface area (TPSA) is 74.7 Å². The van der Waals surface area contributed by atoms with Crippen molar-refractivity contribution in [2.75, 3.05) is 12.4 Å². The van der Waals surface area contributed by atoms with Crippen molar-refractivity contribution < 1.29 is 9.59 Å². The lowest BCUT2D eigenvalue weighted by atomic mass is 10.2. The zero-order chi connectivity index (χ0) is 20.5. The average molecular weight is 445 g/mol. The van der Waals surface area contributed by atoms with Crippen molar-refractivity contribution >= 4 is 72.7 Å². The molecule has 1 unspecified atom stereocenters. The van der Waals surface area contributed by atoms with Crippen LogP contribution in [0.1, 0.15) is 12.0 Å². The molecule has 1 aromatic heterocycles. The number of fused-ring (bicyclic) bond motifs is 1. The van der Waals surface area contributed by atoms with E-state index in [4.69, 9.17) is 11.6 Å². The highest BCUT2D eigenvalue weighted by atomic mass is 35.5. The van der Waals surface area contributed by atoms with Gasteiger partial charge in [0.05, 0.1) is 10.2 Å². The Balaban J connectivity index is 1.47. The summed E-state index contributed by atoms with van der Waals surface area (Å²) in [6, 6.07) is 13.1. The highest BCUT2D eigenvalue weighted by Crippen LogP contribution is 2.34. The molecule has 4 rings (SSSR count). The van der Waals surface area contributed by atoms with Crippen LogP contribution in [0.3, 0.4) is 0 Å². The summed E-state index contributed by atoms with van der Waals surface area (Å²) in [5, 5.41) is 4.04. The quantitative estimate of drug-likeness (QED) is 0.624. The monoisotopic (exact) mass is 444 g/mol. The number of halogens is 1. The number of aromatic nitrogens is 1. The minimum Gasteiger partial charge on any atom is -0.326 e. The van der Waals surface area contributed by atoms with Crippen LogP contribution in [0.2, 0.25) is 5.02 Å². The Bertz CT molecular complexity index is 1110. The van der Waals surface area contributed by atoms with Gasteiger partial charge in [-0.15, -0.1) is 0 Å². The van der Waals surface area contributed by atoms with Crippen LogP contribution in [-0.2, 0) is 9.59 Å². The summed E-state index contributed by atoms with van der Waals surface area (Å²) in [6.07, 6.45) is 0.0542. The van der Waals surface area contributed by atoms with Gasteiger partial charge in [0, 0.05) is 24.2 Å². The van der Waals surface area contributed by atoms with E-state index in [1.807, 2.05) is 31.2 Å². The minimum atomic E-state index is -0.521. The Morgan fingerprint density at radius 3 is 2.86 bits per heavy atom. The van der Waals surface area contributed by atoms with Crippen LogP contribution >= 0.6 is 34.7 Å². The summed E-state index contributed by atoms with van der Waals surface area (Å²) in [4.78, 5) is 35.6. The normalized spacial score (nSPS) is 18.0. The second-order valence-corrected chi connectivity index (χ2v) is 9.11. The summed E-state index contributed by atoms with van der Waals surface area (Å²) >= 11 is 8.85. The standard InChI is InChI=1S/C20H17ClN4O2S2/c1-11-12(21)6-5-8-13(11)22-17(26)10-16-18(27)25(2)20(29-16)24-19-23-14-7-3-4-9-15(14)28-19/h3-9,16H,10H2,1-2H3,(H,22,26). The van der Waals surface area contributed by atoms with E-state index in [1.54, 1.807) is 25.2 Å². The van der Waals surface area contributed by atoms with Crippen LogP contribution < -0.4 is 5.32 Å². The third-order valence-electron chi connectivity index (χ3n) is 4.53. The van der Waals surface area contributed by atoms with E-state index in [-0.39, 0.29) is 18.2 Å². The Kier molecular flexibility index (Phi) is 5.58. The highest BCUT2D eigenvalue weighted by Gasteiger charge is 2.37. The summed E-state index contributed by atoms with van der Waals surface area (Å²) in [7, 11) is 1.67. The van der Waals surface area contributed by atoms with Gasteiger partial charge < -0.3 is 5.32 Å². The molecule has 148 valence electrons. The van der Waals surface area contributed by atoms with Crippen molar-refractivity contribution in [3.8, 4) is 0 Å². The van der Waals surface area contributed by atoms with Gasteiger partial charge in [-0.2, -0.15) is 4.99 Å². The molecule has 1 atom stereocenters. The van der Waals surface area contributed by atoms with Gasteiger partial charge in [-0.05, 0) is 36.8 Å². The molecule has 0 spiro atoms. The van der Waals surface area contributed by atoms with Crippen LogP contribution in [-0.4, -0.2) is 39.2 Å². The molecule has 9 heteroatoms. The number of carbonyl (C=O) groups excluding carboxylic acids is 2. The molecule has 2 heterocycles. The molecule has 3 aromatic rings. The number of hydrogen-bond acceptors (Lipinski definition) is 6. The first-order valence-corrected chi connectivity index (χ1v) is 10.9. The SMILES string of the molecule is Cc1c(Cl)cccc1NC(=O)CC1SC(=Nc2nc3ccccc3s2)N(C)C1=O. The second-order valence-electron chi connectivity index (χ2n) is 6.53. The summed E-state index contributed by atoms with van der Waals surface area (Å²) in [5.41, 5.74) is 2.32. The zero-order valence-corrected chi connectivity index (χ0v) is 18.1. The fraction of sp³-hybridized carbons (Fsp3) is 0.200. The van der Waals surface area contributed by atoms with Gasteiger partial charge >= 0.3 is 0 Å². The van der Waals surface area contributed by atoms with E-state index in [2.05, 4.69) is 15.3 Å². The molecule has 0 aliphatic carbocycles. The number of benzene rings is 2. The lowest BCUT2D eigenvalue weighted by Gasteiger charge is -2.11. The molecule has 2 aromatic carbocycles. The van der Waals surface area contributed by atoms with Crippen LogP contribution in [0.25, 0.3) is 10.2 Å². The van der Waals surface area contributed by atoms with Crippen LogP contribution in [0.5, 0.6) is 0 Å². The number of thiazole rings is 1. The third kappa shape index (κ3) is 4.14. The number of thioether (sulfide) groups is 1. The first kappa shape index (κ1) is 19.9. The largest absolute Gasteiger partial charge is 0.326 e. The molecule has 0 radical (unpaired) electrons. The molecular weight excluding hydrogens is 428 g/mol. The number of hydrogen-bond donors (Lipinski definition) is 1. The summed E-state index contributed by atoms with van der Waals surface area (Å²) < 4.78 is 1.04. The number of nitrogens with zero attached hydrogens (tertiary/aromatic N) is 3. The van der Waals surface area contributed by atoms with Crippen LogP contribution in [0.4, 0.5) is 10.8 Å². The molecule has 0 saturated carbocycles. The summed E-state index contributed by atoms with van der Waals surface area (Å²) in [6.45, 7) is 1.84. The molecule has 0 bridgehead atoms. The number of aliphatic imine (C=N–C) groups is 1. The number of carbonyl (C=O) groups is 2. The highest BCUT2D eigenvalue weighted by molar-refractivity contribution is 8.15. The molecule has 1 fully saturated rings. The number of rotatable bonds is 4.